The first-order chi connectivity index (χ1) is 11.7. The third-order valence-corrected chi connectivity index (χ3v) is 4.75. The van der Waals surface area contributed by atoms with Gasteiger partial charge in [0.15, 0.2) is 16.0 Å². The highest BCUT2D eigenvalue weighted by Crippen LogP contribution is 2.27. The minimum atomic E-state index is -1.58. The molecule has 1 unspecified atom stereocenters. The molecular formula is C16H12N4O3S. The van der Waals surface area contributed by atoms with Gasteiger partial charge in [-0.15, -0.1) is 0 Å². The number of aromatic nitrogens is 3. The van der Waals surface area contributed by atoms with Crippen molar-refractivity contribution in [1.29, 1.82) is 0 Å². The molecule has 0 bridgehead atoms. The van der Waals surface area contributed by atoms with E-state index >= 15 is 0 Å². The Morgan fingerprint density at radius 2 is 2.00 bits per heavy atom. The largest absolute Gasteiger partial charge is 0.481 e. The number of nitrogens with zero attached hydrogens (tertiary/aromatic N) is 3. The van der Waals surface area contributed by atoms with Crippen molar-refractivity contribution in [3.05, 3.63) is 48.8 Å². The van der Waals surface area contributed by atoms with Crippen LogP contribution in [0, 0.1) is 0 Å². The van der Waals surface area contributed by atoms with Gasteiger partial charge in [0.05, 0.1) is 18.8 Å². The summed E-state index contributed by atoms with van der Waals surface area (Å²) in [5, 5.41) is 5.45. The lowest BCUT2D eigenvalue weighted by atomic mass is 10.1. The van der Waals surface area contributed by atoms with Gasteiger partial charge in [0.2, 0.25) is 5.88 Å². The molecule has 0 saturated carbocycles. The van der Waals surface area contributed by atoms with E-state index in [0.717, 1.165) is 22.0 Å². The van der Waals surface area contributed by atoms with Crippen LogP contribution in [0.15, 0.2) is 48.8 Å². The third kappa shape index (κ3) is 2.37. The summed E-state index contributed by atoms with van der Waals surface area (Å²) in [6.45, 7) is 0. The topological polar surface area (TPSA) is 86.1 Å². The van der Waals surface area contributed by atoms with Crippen molar-refractivity contribution < 1.29 is 13.7 Å². The van der Waals surface area contributed by atoms with Crippen LogP contribution < -0.4 is 9.46 Å². The molecule has 120 valence electrons. The second-order valence-electron chi connectivity index (χ2n) is 5.14. The summed E-state index contributed by atoms with van der Waals surface area (Å²) in [5.41, 5.74) is 2.70. The van der Waals surface area contributed by atoms with E-state index < -0.39 is 11.0 Å². The van der Waals surface area contributed by atoms with Gasteiger partial charge >= 0.3 is 0 Å². The van der Waals surface area contributed by atoms with Crippen LogP contribution in [0.5, 0.6) is 5.88 Å². The van der Waals surface area contributed by atoms with Gasteiger partial charge in [-0.05, 0) is 23.8 Å². The Balaban J connectivity index is 1.76. The van der Waals surface area contributed by atoms with E-state index in [1.807, 2.05) is 24.3 Å². The maximum absolute atomic E-state index is 11.9. The first-order valence-corrected chi connectivity index (χ1v) is 8.23. The first kappa shape index (κ1) is 14.6. The fraction of sp³-hybridized carbons (Fsp3) is 0.0625. The number of carbonyl (C=O) groups is 1. The van der Waals surface area contributed by atoms with Gasteiger partial charge in [0, 0.05) is 29.3 Å². The normalized spacial score (nSPS) is 17.0. The summed E-state index contributed by atoms with van der Waals surface area (Å²) in [4.78, 5) is 15.5. The van der Waals surface area contributed by atoms with Gasteiger partial charge < -0.3 is 4.74 Å². The molecule has 2 aromatic heterocycles. The fourth-order valence-corrected chi connectivity index (χ4v) is 3.40. The predicted molar refractivity (Wildman–Crippen MR) is 90.1 cm³/mol. The smallest absolute Gasteiger partial charge is 0.258 e. The number of hydrogen-bond acceptors (Lipinski definition) is 5. The van der Waals surface area contributed by atoms with Crippen molar-refractivity contribution in [2.45, 2.75) is 0 Å². The van der Waals surface area contributed by atoms with E-state index in [0.29, 0.717) is 10.9 Å². The number of nitrogens with one attached hydrogen (secondary N) is 1. The van der Waals surface area contributed by atoms with E-state index in [9.17, 15) is 9.00 Å². The van der Waals surface area contributed by atoms with Crippen molar-refractivity contribution in [1.82, 2.24) is 19.5 Å². The first-order valence-electron chi connectivity index (χ1n) is 7.08. The minimum Gasteiger partial charge on any atom is -0.481 e. The summed E-state index contributed by atoms with van der Waals surface area (Å²) in [6.07, 6.45) is 4.71. The predicted octanol–water partition coefficient (Wildman–Crippen LogP) is 1.70. The lowest BCUT2D eigenvalue weighted by Crippen LogP contribution is -2.17. The summed E-state index contributed by atoms with van der Waals surface area (Å²) in [5.74, 6) is 0.174. The number of fused-ring (bicyclic) bond motifs is 1. The number of benzene rings is 1. The number of ether oxygens (including phenoxy) is 1. The molecule has 4 rings (SSSR count). The molecule has 1 amide bonds. The molecule has 24 heavy (non-hydrogen) atoms. The van der Waals surface area contributed by atoms with Crippen LogP contribution in [0.1, 0.15) is 0 Å². The quantitative estimate of drug-likeness (QED) is 0.784. The molecule has 0 aliphatic carbocycles. The van der Waals surface area contributed by atoms with E-state index in [1.165, 1.54) is 10.8 Å². The Morgan fingerprint density at radius 3 is 2.67 bits per heavy atom. The monoisotopic (exact) mass is 340 g/mol. The second kappa shape index (κ2) is 5.57. The SMILES string of the molecule is COc1ccc(-c2ccc3c(cnn3C3=CC(=O)NS3=O)c2)cn1. The fourth-order valence-electron chi connectivity index (χ4n) is 2.54. The Morgan fingerprint density at radius 1 is 1.17 bits per heavy atom. The van der Waals surface area contributed by atoms with Crippen molar-refractivity contribution in [2.75, 3.05) is 7.11 Å². The lowest BCUT2D eigenvalue weighted by Gasteiger charge is -2.05. The molecule has 1 aliphatic rings. The van der Waals surface area contributed by atoms with Crippen LogP contribution in [0.3, 0.4) is 0 Å². The molecule has 1 aromatic carbocycles. The third-order valence-electron chi connectivity index (χ3n) is 3.69. The molecule has 8 heteroatoms. The number of carbonyl (C=O) groups excluding carboxylic acids is 1. The van der Waals surface area contributed by atoms with Gasteiger partial charge in [-0.1, -0.05) is 6.07 Å². The van der Waals surface area contributed by atoms with E-state index in [2.05, 4.69) is 14.8 Å². The lowest BCUT2D eigenvalue weighted by molar-refractivity contribution is -0.114. The average Bonchev–Trinajstić information content (AvgIpc) is 3.16. The van der Waals surface area contributed by atoms with Gasteiger partial charge in [0.1, 0.15) is 0 Å². The number of rotatable bonds is 3. The Labute approximate surface area is 139 Å². The number of pyridine rings is 1. The van der Waals surface area contributed by atoms with Crippen LogP contribution in [0.4, 0.5) is 0 Å². The molecular weight excluding hydrogens is 328 g/mol. The van der Waals surface area contributed by atoms with Gasteiger partial charge in [-0.25, -0.2) is 13.9 Å². The molecule has 0 saturated heterocycles. The van der Waals surface area contributed by atoms with Gasteiger partial charge in [-0.3, -0.25) is 9.52 Å². The number of hydrogen-bond donors (Lipinski definition) is 1. The zero-order valence-electron chi connectivity index (χ0n) is 12.6. The van der Waals surface area contributed by atoms with Crippen LogP contribution in [-0.2, 0) is 15.8 Å². The average molecular weight is 340 g/mol. The van der Waals surface area contributed by atoms with Crippen molar-refractivity contribution in [3.63, 3.8) is 0 Å². The van der Waals surface area contributed by atoms with Gasteiger partial charge in [0.25, 0.3) is 5.91 Å². The van der Waals surface area contributed by atoms with Crippen LogP contribution in [-0.4, -0.2) is 32.0 Å². The van der Waals surface area contributed by atoms with E-state index in [1.54, 1.807) is 25.6 Å². The molecule has 7 nitrogen and oxygen atoms in total. The van der Waals surface area contributed by atoms with Crippen molar-refractivity contribution in [2.24, 2.45) is 0 Å². The van der Waals surface area contributed by atoms with Gasteiger partial charge in [-0.2, -0.15) is 5.10 Å². The zero-order valence-corrected chi connectivity index (χ0v) is 13.4. The molecule has 3 aromatic rings. The molecule has 0 radical (unpaired) electrons. The highest BCUT2D eigenvalue weighted by Gasteiger charge is 2.23. The molecule has 0 spiro atoms. The highest BCUT2D eigenvalue weighted by atomic mass is 32.2. The summed E-state index contributed by atoms with van der Waals surface area (Å²) < 4.78 is 20.8. The Hall–Kier alpha value is -3.00. The minimum absolute atomic E-state index is 0.328. The second-order valence-corrected chi connectivity index (χ2v) is 6.30. The molecule has 3 heterocycles. The Kier molecular flexibility index (Phi) is 3.39. The van der Waals surface area contributed by atoms with E-state index in [-0.39, 0.29) is 5.91 Å². The van der Waals surface area contributed by atoms with E-state index in [4.69, 9.17) is 4.74 Å². The van der Waals surface area contributed by atoms with Crippen molar-refractivity contribution >= 4 is 32.8 Å². The maximum Gasteiger partial charge on any atom is 0.258 e. The van der Waals surface area contributed by atoms with Crippen LogP contribution >= 0.6 is 0 Å². The molecule has 0 fully saturated rings. The summed E-state index contributed by atoms with van der Waals surface area (Å²) >= 11 is 0. The number of methoxy groups -OCH3 is 1. The molecule has 1 aliphatic heterocycles. The zero-order chi connectivity index (χ0) is 16.7. The van der Waals surface area contributed by atoms with Crippen molar-refractivity contribution in [3.8, 4) is 17.0 Å². The van der Waals surface area contributed by atoms with Crippen LogP contribution in [0.25, 0.3) is 27.1 Å². The Bertz CT molecular complexity index is 1010. The summed E-state index contributed by atoms with van der Waals surface area (Å²) in [6, 6.07) is 9.50. The summed E-state index contributed by atoms with van der Waals surface area (Å²) in [7, 11) is -0.00996. The number of amides is 1. The standard InChI is InChI=1S/C16H12N4O3S/c1-23-15-5-3-11(8-17-15)10-2-4-13-12(6-10)9-18-20(13)16-7-14(21)19-24(16)22/h2-9H,1H3,(H,19,21). The highest BCUT2D eigenvalue weighted by molar-refractivity contribution is 7.93. The van der Waals surface area contributed by atoms with Crippen LogP contribution in [0.2, 0.25) is 0 Å². The molecule has 1 N–H and O–H groups in total. The molecule has 1 atom stereocenters. The maximum atomic E-state index is 11.9.